The van der Waals surface area contributed by atoms with Crippen LogP contribution >= 0.6 is 11.3 Å². The first kappa shape index (κ1) is 61.4. The van der Waals surface area contributed by atoms with Crippen molar-refractivity contribution in [2.75, 3.05) is 39.5 Å². The quantitative estimate of drug-likeness (QED) is 0.0505. The number of thiazole rings is 1. The molecule has 0 saturated carbocycles. The van der Waals surface area contributed by atoms with E-state index in [1.807, 2.05) is 27.7 Å². The van der Waals surface area contributed by atoms with Gasteiger partial charge in [-0.15, -0.1) is 11.3 Å². The van der Waals surface area contributed by atoms with Gasteiger partial charge >= 0.3 is 17.9 Å². The Labute approximate surface area is 447 Å². The van der Waals surface area contributed by atoms with Crippen molar-refractivity contribution < 1.29 is 67.3 Å². The fourth-order valence-electron chi connectivity index (χ4n) is 8.25. The van der Waals surface area contributed by atoms with Crippen molar-refractivity contribution >= 4 is 82.2 Å². The number of aromatic nitrogens is 1. The fourth-order valence-corrected chi connectivity index (χ4v) is 9.09. The number of likely N-dealkylation sites (N-methyl/N-ethyl adjacent to an activating group) is 2. The van der Waals surface area contributed by atoms with Crippen LogP contribution in [0, 0.1) is 17.8 Å². The number of carboxylic acid groups (broad SMARTS) is 1. The molecule has 2 aromatic rings. The van der Waals surface area contributed by atoms with Crippen molar-refractivity contribution in [2.24, 2.45) is 17.8 Å². The fraction of sp³-hybridized carbons (Fsp3) is 0.547. The molecule has 2 aliphatic rings. The average Bonchev–Trinajstić information content (AvgIpc) is 4.06. The molecule has 2 aliphatic heterocycles. The summed E-state index contributed by atoms with van der Waals surface area (Å²) in [6.45, 7) is 13.8. The first-order valence-corrected chi connectivity index (χ1v) is 26.1. The van der Waals surface area contributed by atoms with Crippen molar-refractivity contribution in [3.63, 3.8) is 0 Å². The Kier molecular flexibility index (Phi) is 22.3. The first-order chi connectivity index (χ1) is 35.6. The molecule has 76 heavy (non-hydrogen) atoms. The van der Waals surface area contributed by atoms with Crippen LogP contribution in [0.2, 0.25) is 0 Å². The Bertz CT molecular complexity index is 2550. The number of aliphatic carboxylic acids is 1. The van der Waals surface area contributed by atoms with Gasteiger partial charge in [-0.3, -0.25) is 67.4 Å². The number of hydrogen-bond donors (Lipinski definition) is 4. The minimum absolute atomic E-state index is 0.00675. The molecule has 4 rings (SSSR count). The van der Waals surface area contributed by atoms with Crippen LogP contribution in [-0.2, 0) is 59.1 Å². The molecule has 3 heterocycles. The number of hydrogen-bond acceptors (Lipinski definition) is 16. The molecular weight excluding hydrogens is 1000 g/mol. The van der Waals surface area contributed by atoms with E-state index in [1.54, 1.807) is 50.9 Å². The van der Waals surface area contributed by atoms with E-state index >= 15 is 0 Å². The Balaban J connectivity index is 1.57. The number of anilines is 1. The van der Waals surface area contributed by atoms with Gasteiger partial charge in [-0.25, -0.2) is 4.98 Å². The molecule has 0 saturated heterocycles. The van der Waals surface area contributed by atoms with Crippen LogP contribution < -0.4 is 20.7 Å². The van der Waals surface area contributed by atoms with E-state index in [2.05, 4.69) is 20.9 Å². The SMILES string of the molecule is CC[C@H](C)[C@H](NC(=O)C(C)(C)N(C)C)C(=O)N(C)C(C[C@@H](OC(C)=O)c1nc(C(=O)N[C@@H](Cc2ccc(OC(=O)CCCN3C(=O)C=CC3=O)c(NC(=O)CCCN3C(=O)C=CC3=O)c2)CC(C)C(=O)O)cs1)C(C)C. The largest absolute Gasteiger partial charge is 0.481 e. The lowest BCUT2D eigenvalue weighted by Gasteiger charge is -2.38. The number of nitrogens with zero attached hydrogens (tertiary/aromatic N) is 5. The van der Waals surface area contributed by atoms with Crippen molar-refractivity contribution in [3.05, 3.63) is 64.1 Å². The van der Waals surface area contributed by atoms with E-state index in [-0.39, 0.29) is 104 Å². The van der Waals surface area contributed by atoms with Gasteiger partial charge in [0.2, 0.25) is 17.7 Å². The van der Waals surface area contributed by atoms with Crippen molar-refractivity contribution in [2.45, 2.75) is 137 Å². The second-order valence-corrected chi connectivity index (χ2v) is 21.1. The lowest BCUT2D eigenvalue weighted by Crippen LogP contribution is -2.60. The molecule has 4 N–H and O–H groups in total. The van der Waals surface area contributed by atoms with Gasteiger partial charge in [-0.1, -0.05) is 47.1 Å². The first-order valence-electron chi connectivity index (χ1n) is 25.3. The number of benzene rings is 1. The van der Waals surface area contributed by atoms with Crippen LogP contribution in [0.3, 0.4) is 0 Å². The van der Waals surface area contributed by atoms with Gasteiger partial charge in [0.05, 0.1) is 17.1 Å². The van der Waals surface area contributed by atoms with Gasteiger partial charge in [0, 0.05) is 88.1 Å². The van der Waals surface area contributed by atoms with E-state index in [1.165, 1.54) is 31.4 Å². The Hall–Kier alpha value is -7.14. The topological polar surface area (TPSA) is 288 Å². The predicted octanol–water partition coefficient (Wildman–Crippen LogP) is 4.20. The van der Waals surface area contributed by atoms with Crippen LogP contribution in [-0.4, -0.2) is 153 Å². The number of nitrogens with one attached hydrogen (secondary N) is 3. The van der Waals surface area contributed by atoms with E-state index in [4.69, 9.17) is 9.47 Å². The van der Waals surface area contributed by atoms with Crippen LogP contribution in [0.1, 0.15) is 127 Å². The number of rotatable bonds is 29. The number of esters is 2. The maximum Gasteiger partial charge on any atom is 0.311 e. The lowest BCUT2D eigenvalue weighted by molar-refractivity contribution is -0.149. The molecule has 0 spiro atoms. The summed E-state index contributed by atoms with van der Waals surface area (Å²) in [4.78, 5) is 151. The van der Waals surface area contributed by atoms with Crippen molar-refractivity contribution in [1.82, 2.24) is 35.2 Å². The Morgan fingerprint density at radius 3 is 1.93 bits per heavy atom. The highest BCUT2D eigenvalue weighted by Crippen LogP contribution is 2.32. The van der Waals surface area contributed by atoms with Gasteiger partial charge in [0.1, 0.15) is 16.7 Å². The summed E-state index contributed by atoms with van der Waals surface area (Å²) in [6.07, 6.45) is 4.00. The number of amides is 8. The van der Waals surface area contributed by atoms with Crippen LogP contribution in [0.5, 0.6) is 5.75 Å². The second kappa shape index (κ2) is 27.6. The zero-order valence-electron chi connectivity index (χ0n) is 45.1. The van der Waals surface area contributed by atoms with Gasteiger partial charge in [-0.2, -0.15) is 0 Å². The Morgan fingerprint density at radius 1 is 0.829 bits per heavy atom. The highest BCUT2D eigenvalue weighted by Gasteiger charge is 2.39. The predicted molar refractivity (Wildman–Crippen MR) is 279 cm³/mol. The van der Waals surface area contributed by atoms with E-state index < -0.39 is 89.0 Å². The van der Waals surface area contributed by atoms with Gasteiger partial charge in [0.25, 0.3) is 29.5 Å². The molecule has 0 bridgehead atoms. The summed E-state index contributed by atoms with van der Waals surface area (Å²) in [6, 6.07) is 2.23. The molecule has 6 atom stereocenters. The van der Waals surface area contributed by atoms with Gasteiger partial charge in [-0.05, 0) is 83.2 Å². The standard InChI is InChI=1S/C53H72N8O14S/c1-12-31(4)47(57-52(73)53(7,8)58(9)10)50(70)59(11)38(30(2)3)28-40(74-33(6)62)49-56-37(29-76-49)48(69)54-35(25-32(5)51(71)72)26-34-17-18-39(75-46(68)16-14-24-61-44(66)21-22-45(61)67)36(27-34)55-41(63)15-13-23-60-42(64)19-20-43(60)65/h17-22,27,29-32,35,38,40,47H,12-16,23-26,28H2,1-11H3,(H,54,69)(H,55,63)(H,57,73)(H,71,72)/t31-,32?,35+,38?,40+,47-/m0/s1. The van der Waals surface area contributed by atoms with E-state index in [0.717, 1.165) is 45.4 Å². The number of carboxylic acids is 1. The average molecular weight is 1080 g/mol. The van der Waals surface area contributed by atoms with E-state index in [9.17, 15) is 57.8 Å². The number of ether oxygens (including phenoxy) is 2. The zero-order chi connectivity index (χ0) is 56.8. The third-order valence-corrected chi connectivity index (χ3v) is 14.6. The molecule has 414 valence electrons. The van der Waals surface area contributed by atoms with Gasteiger partial charge < -0.3 is 35.4 Å². The summed E-state index contributed by atoms with van der Waals surface area (Å²) in [5.74, 6) is -7.81. The lowest BCUT2D eigenvalue weighted by atomic mass is 9.92. The maximum atomic E-state index is 14.3. The van der Waals surface area contributed by atoms with Crippen LogP contribution in [0.25, 0.3) is 0 Å². The van der Waals surface area contributed by atoms with Crippen LogP contribution in [0.4, 0.5) is 5.69 Å². The minimum Gasteiger partial charge on any atom is -0.481 e. The third-order valence-electron chi connectivity index (χ3n) is 13.6. The number of carbonyl (C=O) groups excluding carboxylic acids is 10. The normalized spacial score (nSPS) is 15.9. The molecule has 8 amide bonds. The maximum absolute atomic E-state index is 14.3. The molecule has 0 aliphatic carbocycles. The summed E-state index contributed by atoms with van der Waals surface area (Å²) in [5, 5.41) is 20.2. The molecule has 1 aromatic carbocycles. The Morgan fingerprint density at radius 2 is 1.41 bits per heavy atom. The number of imide groups is 2. The zero-order valence-corrected chi connectivity index (χ0v) is 45.9. The molecular formula is C53H72N8O14S. The van der Waals surface area contributed by atoms with Crippen LogP contribution in [0.15, 0.2) is 47.9 Å². The molecule has 22 nitrogen and oxygen atoms in total. The molecule has 0 radical (unpaired) electrons. The smallest absolute Gasteiger partial charge is 0.311 e. The van der Waals surface area contributed by atoms with Crippen molar-refractivity contribution in [1.29, 1.82) is 0 Å². The summed E-state index contributed by atoms with van der Waals surface area (Å²) < 4.78 is 11.4. The second-order valence-electron chi connectivity index (χ2n) is 20.2. The molecule has 1 aromatic heterocycles. The third kappa shape index (κ3) is 16.9. The highest BCUT2D eigenvalue weighted by atomic mass is 32.1. The van der Waals surface area contributed by atoms with E-state index in [0.29, 0.717) is 12.0 Å². The summed E-state index contributed by atoms with van der Waals surface area (Å²) in [7, 11) is 5.19. The molecule has 2 unspecified atom stereocenters. The number of carbonyl (C=O) groups is 11. The van der Waals surface area contributed by atoms with Gasteiger partial charge in [0.15, 0.2) is 11.9 Å². The summed E-state index contributed by atoms with van der Waals surface area (Å²) in [5.41, 5.74) is -0.460. The monoisotopic (exact) mass is 1080 g/mol. The molecule has 23 heteroatoms. The summed E-state index contributed by atoms with van der Waals surface area (Å²) >= 11 is 1.05. The minimum atomic E-state index is -1.13. The highest BCUT2D eigenvalue weighted by molar-refractivity contribution is 7.09. The molecule has 0 fully saturated rings. The van der Waals surface area contributed by atoms with Crippen molar-refractivity contribution in [3.8, 4) is 5.75 Å².